The van der Waals surface area contributed by atoms with Crippen LogP contribution in [0.15, 0.2) is 11.8 Å². The minimum Gasteiger partial charge on any atom is -0.171 e. The molecule has 0 aromatic heterocycles. The van der Waals surface area contributed by atoms with Crippen molar-refractivity contribution in [2.45, 2.75) is 25.6 Å². The second kappa shape index (κ2) is 3.80. The second-order valence-electron chi connectivity index (χ2n) is 2.20. The van der Waals surface area contributed by atoms with Crippen molar-refractivity contribution in [2.75, 3.05) is 0 Å². The lowest BCUT2D eigenvalue weighted by Crippen LogP contribution is -2.08. The van der Waals surface area contributed by atoms with Gasteiger partial charge in [0, 0.05) is 6.42 Å². The predicted molar refractivity (Wildman–Crippen MR) is 37.4 cm³/mol. The van der Waals surface area contributed by atoms with Crippen molar-refractivity contribution in [3.8, 4) is 0 Å². The lowest BCUT2D eigenvalue weighted by molar-refractivity contribution is -0.130. The molecule has 0 N–H and O–H groups in total. The van der Waals surface area contributed by atoms with E-state index in [1.165, 1.54) is 0 Å². The summed E-state index contributed by atoms with van der Waals surface area (Å²) >= 11 is 0. The monoisotopic (exact) mass is 167 g/mol. The van der Waals surface area contributed by atoms with Crippen molar-refractivity contribution < 1.29 is 13.2 Å². The molecule has 1 radical (unpaired) electrons. The molecule has 0 aromatic rings. The highest BCUT2D eigenvalue weighted by atomic mass is 28.2. The molecule has 0 bridgehead atoms. The Bertz CT molecular complexity index is 117. The van der Waals surface area contributed by atoms with E-state index in [4.69, 9.17) is 0 Å². The molecular weight excluding hydrogens is 157 g/mol. The summed E-state index contributed by atoms with van der Waals surface area (Å²) in [6.45, 7) is 5.31. The first kappa shape index (κ1) is 9.75. The van der Waals surface area contributed by atoms with Crippen molar-refractivity contribution in [3.63, 3.8) is 0 Å². The lowest BCUT2D eigenvalue weighted by Gasteiger charge is -2.03. The largest absolute Gasteiger partial charge is 0.388 e. The van der Waals surface area contributed by atoms with Crippen LogP contribution in [0.3, 0.4) is 0 Å². The molecule has 0 fully saturated rings. The molecule has 0 aliphatic carbocycles. The van der Waals surface area contributed by atoms with Gasteiger partial charge in [-0.15, -0.1) is 6.58 Å². The van der Waals surface area contributed by atoms with Crippen LogP contribution in [0, 0.1) is 0 Å². The summed E-state index contributed by atoms with van der Waals surface area (Å²) in [6, 6.07) is 0.249. The minimum absolute atomic E-state index is 0.200. The molecule has 0 spiro atoms. The fourth-order valence-corrected chi connectivity index (χ4v) is 1.45. The first-order valence-corrected chi connectivity index (χ1v) is 4.36. The van der Waals surface area contributed by atoms with Crippen LogP contribution in [-0.4, -0.2) is 15.7 Å². The maximum Gasteiger partial charge on any atom is 0.388 e. The van der Waals surface area contributed by atoms with E-state index in [0.29, 0.717) is 0 Å². The smallest absolute Gasteiger partial charge is 0.171 e. The number of rotatable bonds is 3. The van der Waals surface area contributed by atoms with Crippen LogP contribution in [0.25, 0.3) is 0 Å². The molecule has 0 atom stereocenters. The molecule has 59 valence electrons. The van der Waals surface area contributed by atoms with Gasteiger partial charge in [0.05, 0.1) is 9.52 Å². The van der Waals surface area contributed by atoms with Gasteiger partial charge >= 0.3 is 6.18 Å². The zero-order chi connectivity index (χ0) is 8.20. The molecule has 0 nitrogen and oxygen atoms in total. The van der Waals surface area contributed by atoms with E-state index >= 15 is 0 Å². The Balaban J connectivity index is 3.29. The topological polar surface area (TPSA) is 0 Å². The van der Waals surface area contributed by atoms with Gasteiger partial charge in [0.2, 0.25) is 0 Å². The minimum atomic E-state index is -3.98. The van der Waals surface area contributed by atoms with E-state index in [9.17, 15) is 13.2 Å². The van der Waals surface area contributed by atoms with Crippen molar-refractivity contribution in [2.24, 2.45) is 0 Å². The van der Waals surface area contributed by atoms with E-state index in [1.807, 2.05) is 0 Å². The van der Waals surface area contributed by atoms with Gasteiger partial charge in [0.15, 0.2) is 0 Å². The Labute approximate surface area is 60.9 Å². The van der Waals surface area contributed by atoms with Crippen LogP contribution in [0.4, 0.5) is 13.2 Å². The summed E-state index contributed by atoms with van der Waals surface area (Å²) in [7, 11) is -0.200. The summed E-state index contributed by atoms with van der Waals surface area (Å²) in [5, 5.41) is 0.893. The Kier molecular flexibility index (Phi) is 3.71. The second-order valence-corrected chi connectivity index (χ2v) is 4.18. The predicted octanol–water partition coefficient (Wildman–Crippen LogP) is 2.33. The van der Waals surface area contributed by atoms with Crippen LogP contribution in [-0.2, 0) is 0 Å². The lowest BCUT2D eigenvalue weighted by atomic mass is 10.5. The van der Waals surface area contributed by atoms with Gasteiger partial charge in [-0.3, -0.25) is 0 Å². The number of allylic oxidation sites excluding steroid dienone is 1. The SMILES string of the molecule is C=C(C)[SiH]CCC(F)(F)F. The first-order valence-electron chi connectivity index (χ1n) is 2.97. The number of hydrogen-bond donors (Lipinski definition) is 0. The first-order chi connectivity index (χ1) is 4.42. The van der Waals surface area contributed by atoms with E-state index in [1.54, 1.807) is 6.92 Å². The van der Waals surface area contributed by atoms with Crippen LogP contribution in [0.1, 0.15) is 13.3 Å². The fraction of sp³-hybridized carbons (Fsp3) is 0.667. The molecule has 0 unspecified atom stereocenters. The Morgan fingerprint density at radius 1 is 1.50 bits per heavy atom. The van der Waals surface area contributed by atoms with Crippen LogP contribution in [0.5, 0.6) is 0 Å². The zero-order valence-electron chi connectivity index (χ0n) is 5.83. The molecule has 0 saturated heterocycles. The summed E-state index contributed by atoms with van der Waals surface area (Å²) in [5.41, 5.74) is 0. The Hall–Kier alpha value is -0.253. The molecule has 0 heterocycles. The fourth-order valence-electron chi connectivity index (χ4n) is 0.482. The third-order valence-corrected chi connectivity index (χ3v) is 2.19. The third kappa shape index (κ3) is 7.75. The summed E-state index contributed by atoms with van der Waals surface area (Å²) in [6.07, 6.45) is -4.64. The molecule has 0 aromatic carbocycles. The van der Waals surface area contributed by atoms with Gasteiger partial charge in [-0.25, -0.2) is 0 Å². The molecule has 0 amide bonds. The highest BCUT2D eigenvalue weighted by Gasteiger charge is 2.25. The van der Waals surface area contributed by atoms with Crippen molar-refractivity contribution in [3.05, 3.63) is 11.8 Å². The molecular formula is C6H10F3Si. The van der Waals surface area contributed by atoms with E-state index in [0.717, 1.165) is 5.20 Å². The van der Waals surface area contributed by atoms with Gasteiger partial charge in [-0.05, 0) is 13.0 Å². The number of alkyl halides is 3. The zero-order valence-corrected chi connectivity index (χ0v) is 6.99. The van der Waals surface area contributed by atoms with Gasteiger partial charge in [0.1, 0.15) is 0 Å². The maximum atomic E-state index is 11.5. The molecule has 0 aliphatic heterocycles. The molecule has 0 saturated carbocycles. The summed E-state index contributed by atoms with van der Waals surface area (Å²) in [5.74, 6) is 0. The normalized spacial score (nSPS) is 11.6. The Morgan fingerprint density at radius 3 is 2.30 bits per heavy atom. The van der Waals surface area contributed by atoms with Gasteiger partial charge in [0.25, 0.3) is 0 Å². The van der Waals surface area contributed by atoms with Gasteiger partial charge in [-0.2, -0.15) is 13.2 Å². The van der Waals surface area contributed by atoms with Gasteiger partial charge < -0.3 is 0 Å². The number of hydrogen-bond acceptors (Lipinski definition) is 0. The summed E-state index contributed by atoms with van der Waals surface area (Å²) < 4.78 is 34.5. The van der Waals surface area contributed by atoms with Gasteiger partial charge in [-0.1, -0.05) is 5.20 Å². The highest BCUT2D eigenvalue weighted by molar-refractivity contribution is 6.44. The van der Waals surface area contributed by atoms with Crippen molar-refractivity contribution in [1.29, 1.82) is 0 Å². The van der Waals surface area contributed by atoms with Crippen molar-refractivity contribution >= 4 is 9.52 Å². The number of halogens is 3. The molecule has 0 rings (SSSR count). The van der Waals surface area contributed by atoms with E-state index < -0.39 is 12.6 Å². The van der Waals surface area contributed by atoms with Crippen molar-refractivity contribution in [1.82, 2.24) is 0 Å². The standard InChI is InChI=1S/C6H10F3Si/c1-5(2)10-4-3-6(7,8)9/h10H,1,3-4H2,2H3. The van der Waals surface area contributed by atoms with E-state index in [2.05, 4.69) is 6.58 Å². The third-order valence-electron chi connectivity index (χ3n) is 0.921. The van der Waals surface area contributed by atoms with Crippen LogP contribution >= 0.6 is 0 Å². The van der Waals surface area contributed by atoms with Crippen LogP contribution < -0.4 is 0 Å². The van der Waals surface area contributed by atoms with Crippen LogP contribution in [0.2, 0.25) is 6.04 Å². The summed E-state index contributed by atoms with van der Waals surface area (Å²) in [4.78, 5) is 0. The molecule has 10 heavy (non-hydrogen) atoms. The Morgan fingerprint density at radius 2 is 2.00 bits per heavy atom. The molecule has 0 aliphatic rings. The average Bonchev–Trinajstić information content (AvgIpc) is 1.59. The maximum absolute atomic E-state index is 11.5. The highest BCUT2D eigenvalue weighted by Crippen LogP contribution is 2.21. The van der Waals surface area contributed by atoms with E-state index in [-0.39, 0.29) is 15.6 Å². The quantitative estimate of drug-likeness (QED) is 0.566. The molecule has 4 heteroatoms. The average molecular weight is 167 g/mol.